The van der Waals surface area contributed by atoms with E-state index in [-0.39, 0.29) is 11.6 Å². The molecular weight excluding hydrogens is 460 g/mol. The van der Waals surface area contributed by atoms with Gasteiger partial charge in [0.05, 0.1) is 0 Å². The van der Waals surface area contributed by atoms with Gasteiger partial charge in [-0.25, -0.2) is 0 Å². The van der Waals surface area contributed by atoms with E-state index in [1.165, 1.54) is 0 Å². The number of alkyl halides is 2. The molecule has 0 bridgehead atoms. The Balaban J connectivity index is 2.80. The number of benzene rings is 1. The zero-order chi connectivity index (χ0) is 11.4. The molecule has 0 aromatic heterocycles. The minimum atomic E-state index is -1.30. The van der Waals surface area contributed by atoms with Gasteiger partial charge in [-0.15, -0.1) is 0 Å². The maximum absolute atomic E-state index is 11.9. The van der Waals surface area contributed by atoms with Crippen molar-refractivity contribution in [3.05, 3.63) is 32.2 Å². The average molecular weight is 462 g/mol. The summed E-state index contributed by atoms with van der Waals surface area (Å²) in [4.78, 5) is 23.8. The van der Waals surface area contributed by atoms with Gasteiger partial charge in [-0.2, -0.15) is 0 Å². The van der Waals surface area contributed by atoms with Crippen LogP contribution in [-0.4, -0.2) is 14.8 Å². The first-order valence-corrected chi connectivity index (χ1v) is 7.00. The molecule has 2 rings (SSSR count). The number of fused-ring (bicyclic) bond motifs is 1. The molecule has 1 aromatic rings. The lowest BCUT2D eigenvalue weighted by molar-refractivity contribution is 0.0922. The summed E-state index contributed by atoms with van der Waals surface area (Å²) < 4.78 is 0.0604. The molecule has 0 heterocycles. The molecule has 2 nitrogen and oxygen atoms in total. The average Bonchev–Trinajstić information content (AvgIpc) is 2.35. The van der Waals surface area contributed by atoms with Gasteiger partial charge in [0, 0.05) is 20.1 Å². The van der Waals surface area contributed by atoms with Crippen LogP contribution in [0.1, 0.15) is 20.7 Å². The molecule has 1 aliphatic rings. The molecule has 0 radical (unpaired) electrons. The van der Waals surface area contributed by atoms with Crippen LogP contribution < -0.4 is 0 Å². The highest BCUT2D eigenvalue weighted by molar-refractivity contribution is 9.26. The second-order valence-corrected chi connectivity index (χ2v) is 8.11. The number of hydrogen-bond donors (Lipinski definition) is 0. The van der Waals surface area contributed by atoms with E-state index in [0.29, 0.717) is 15.6 Å². The fraction of sp³-hybridized carbons (Fsp3) is 0.111. The highest BCUT2D eigenvalue weighted by Crippen LogP contribution is 2.45. The Labute approximate surface area is 119 Å². The summed E-state index contributed by atoms with van der Waals surface area (Å²) in [5.74, 6) is -0.550. The largest absolute Gasteiger partial charge is 0.291 e. The summed E-state index contributed by atoms with van der Waals surface area (Å²) in [6, 6.07) is 3.37. The van der Waals surface area contributed by atoms with Gasteiger partial charge < -0.3 is 0 Å². The normalized spacial score (nSPS) is 18.1. The molecule has 1 aromatic carbocycles. The maximum atomic E-state index is 11.9. The van der Waals surface area contributed by atoms with Gasteiger partial charge in [0.15, 0.2) is 11.6 Å². The van der Waals surface area contributed by atoms with Gasteiger partial charge in [0.2, 0.25) is 3.23 Å². The minimum absolute atomic E-state index is 0.268. The number of carbonyl (C=O) groups excluding carboxylic acids is 2. The molecule has 6 heteroatoms. The summed E-state index contributed by atoms with van der Waals surface area (Å²) in [7, 11) is 0. The van der Waals surface area contributed by atoms with Crippen molar-refractivity contribution in [2.75, 3.05) is 0 Å². The van der Waals surface area contributed by atoms with E-state index < -0.39 is 3.23 Å². The first-order valence-electron chi connectivity index (χ1n) is 3.82. The standard InChI is InChI=1S/C9H2Br4O2/c10-4-2-1-3-5(6(4)11)8(15)9(12,13)7(3)14/h1-2H. The number of halogens is 4. The fourth-order valence-electron chi connectivity index (χ4n) is 1.39. The molecule has 0 unspecified atom stereocenters. The van der Waals surface area contributed by atoms with Crippen LogP contribution in [0.25, 0.3) is 0 Å². The second-order valence-electron chi connectivity index (χ2n) is 3.02. The molecule has 0 saturated heterocycles. The van der Waals surface area contributed by atoms with Crippen molar-refractivity contribution in [3.63, 3.8) is 0 Å². The molecule has 78 valence electrons. The van der Waals surface area contributed by atoms with Gasteiger partial charge in [0.1, 0.15) is 0 Å². The molecule has 0 atom stereocenters. The van der Waals surface area contributed by atoms with Crippen LogP contribution >= 0.6 is 63.7 Å². The maximum Gasteiger partial charge on any atom is 0.205 e. The van der Waals surface area contributed by atoms with Crippen LogP contribution in [0.2, 0.25) is 0 Å². The van der Waals surface area contributed by atoms with Gasteiger partial charge >= 0.3 is 0 Å². The minimum Gasteiger partial charge on any atom is -0.291 e. The molecule has 0 N–H and O–H groups in total. The van der Waals surface area contributed by atoms with Crippen molar-refractivity contribution in [1.82, 2.24) is 0 Å². The molecule has 15 heavy (non-hydrogen) atoms. The van der Waals surface area contributed by atoms with Crippen LogP contribution in [0.15, 0.2) is 21.1 Å². The van der Waals surface area contributed by atoms with E-state index in [1.807, 2.05) is 0 Å². The van der Waals surface area contributed by atoms with Crippen molar-refractivity contribution in [3.8, 4) is 0 Å². The van der Waals surface area contributed by atoms with Crippen LogP contribution in [0.3, 0.4) is 0 Å². The monoisotopic (exact) mass is 458 g/mol. The van der Waals surface area contributed by atoms with Gasteiger partial charge in [-0.05, 0) is 44.0 Å². The predicted molar refractivity (Wildman–Crippen MR) is 71.1 cm³/mol. The highest BCUT2D eigenvalue weighted by atomic mass is 79.9. The SMILES string of the molecule is O=C1c2ccc(Br)c(Br)c2C(=O)C1(Br)Br. The van der Waals surface area contributed by atoms with Gasteiger partial charge in [-0.1, -0.05) is 31.9 Å². The predicted octanol–water partition coefficient (Wildman–Crippen LogP) is 4.08. The third-order valence-corrected chi connectivity index (χ3v) is 5.59. The Kier molecular flexibility index (Phi) is 2.99. The van der Waals surface area contributed by atoms with Crippen molar-refractivity contribution < 1.29 is 9.59 Å². The molecule has 0 fully saturated rings. The van der Waals surface area contributed by atoms with Crippen LogP contribution in [0, 0.1) is 0 Å². The van der Waals surface area contributed by atoms with Crippen molar-refractivity contribution in [1.29, 1.82) is 0 Å². The van der Waals surface area contributed by atoms with Crippen molar-refractivity contribution in [2.45, 2.75) is 3.23 Å². The summed E-state index contributed by atoms with van der Waals surface area (Å²) in [5.41, 5.74) is 0.826. The Hall–Kier alpha value is 0.480. The summed E-state index contributed by atoms with van der Waals surface area (Å²) in [5, 5.41) is 0. The Morgan fingerprint density at radius 3 is 2.20 bits per heavy atom. The van der Waals surface area contributed by atoms with Crippen LogP contribution in [0.5, 0.6) is 0 Å². The number of carbonyl (C=O) groups is 2. The van der Waals surface area contributed by atoms with Crippen molar-refractivity contribution in [2.24, 2.45) is 0 Å². The van der Waals surface area contributed by atoms with E-state index in [1.54, 1.807) is 12.1 Å². The third kappa shape index (κ3) is 1.61. The Bertz CT molecular complexity index is 493. The lowest BCUT2D eigenvalue weighted by Gasteiger charge is -2.06. The summed E-state index contributed by atoms with van der Waals surface area (Å²) >= 11 is 12.8. The zero-order valence-electron chi connectivity index (χ0n) is 6.98. The number of rotatable bonds is 0. The summed E-state index contributed by atoms with van der Waals surface area (Å²) in [6.07, 6.45) is 0. The van der Waals surface area contributed by atoms with Gasteiger partial charge in [-0.3, -0.25) is 9.59 Å². The highest BCUT2D eigenvalue weighted by Gasteiger charge is 2.50. The van der Waals surface area contributed by atoms with E-state index in [2.05, 4.69) is 63.7 Å². The van der Waals surface area contributed by atoms with Crippen LogP contribution in [-0.2, 0) is 0 Å². The Morgan fingerprint density at radius 2 is 1.60 bits per heavy atom. The first kappa shape index (κ1) is 12.0. The van der Waals surface area contributed by atoms with E-state index in [4.69, 9.17) is 0 Å². The smallest absolute Gasteiger partial charge is 0.205 e. The molecule has 0 aliphatic heterocycles. The Morgan fingerprint density at radius 1 is 1.00 bits per heavy atom. The van der Waals surface area contributed by atoms with Crippen molar-refractivity contribution >= 4 is 75.3 Å². The quantitative estimate of drug-likeness (QED) is 0.431. The molecule has 0 saturated carbocycles. The first-order chi connectivity index (χ1) is 6.87. The molecule has 0 amide bonds. The van der Waals surface area contributed by atoms with E-state index in [9.17, 15) is 9.59 Å². The molecule has 1 aliphatic carbocycles. The lowest BCUT2D eigenvalue weighted by atomic mass is 10.1. The molecular formula is C9H2Br4O2. The fourth-order valence-corrected chi connectivity index (χ4v) is 3.07. The van der Waals surface area contributed by atoms with E-state index >= 15 is 0 Å². The van der Waals surface area contributed by atoms with Crippen LogP contribution in [0.4, 0.5) is 0 Å². The third-order valence-electron chi connectivity index (χ3n) is 2.14. The summed E-state index contributed by atoms with van der Waals surface area (Å²) in [6.45, 7) is 0. The zero-order valence-corrected chi connectivity index (χ0v) is 13.3. The number of Topliss-reactive ketones (excluding diaryl/α,β-unsaturated/α-hetero) is 2. The topological polar surface area (TPSA) is 34.1 Å². The molecule has 0 spiro atoms. The number of hydrogen-bond acceptors (Lipinski definition) is 2. The van der Waals surface area contributed by atoms with E-state index in [0.717, 1.165) is 4.47 Å². The lowest BCUT2D eigenvalue weighted by Crippen LogP contribution is -2.26. The second kappa shape index (κ2) is 3.75. The van der Waals surface area contributed by atoms with Gasteiger partial charge in [0.25, 0.3) is 0 Å². The number of ketones is 2.